The van der Waals surface area contributed by atoms with Crippen molar-refractivity contribution in [2.24, 2.45) is 5.73 Å². The minimum absolute atomic E-state index is 0.0113. The zero-order chi connectivity index (χ0) is 26.8. The van der Waals surface area contributed by atoms with Gasteiger partial charge in [-0.05, 0) is 54.1 Å². The lowest BCUT2D eigenvalue weighted by molar-refractivity contribution is 0.0691. The summed E-state index contributed by atoms with van der Waals surface area (Å²) in [5.74, 6) is -0.167. The van der Waals surface area contributed by atoms with Gasteiger partial charge in [0.1, 0.15) is 17.4 Å². The predicted octanol–water partition coefficient (Wildman–Crippen LogP) is 4.13. The predicted molar refractivity (Wildman–Crippen MR) is 133 cm³/mol. The van der Waals surface area contributed by atoms with E-state index < -0.39 is 11.9 Å². The van der Waals surface area contributed by atoms with E-state index in [0.717, 1.165) is 5.56 Å². The molecule has 0 saturated heterocycles. The second-order valence-electron chi connectivity index (χ2n) is 8.09. The lowest BCUT2D eigenvalue weighted by Gasteiger charge is -2.25. The van der Waals surface area contributed by atoms with Gasteiger partial charge in [0, 0.05) is 5.56 Å². The number of benzene rings is 2. The van der Waals surface area contributed by atoms with Gasteiger partial charge in [0.05, 0.1) is 44.8 Å². The summed E-state index contributed by atoms with van der Waals surface area (Å²) >= 11 is 0. The van der Waals surface area contributed by atoms with Crippen LogP contribution in [0.15, 0.2) is 70.7 Å². The number of carbonyl (C=O) groups is 1. The standard InChI is InChI=1S/C27H22N4O7/c1-33-16-8-6-14(7-9-16)23-22-21(17(13-28)25(29)38-26(22)31-30-23)15-11-19(34-2)24(20(12-15)35-3)37-27(32)18-5-4-10-36-18/h4-12,21H,29H2,1-3H3,(H,30,31)/t21-/m1/s1. The number of fused-ring (bicyclic) bond motifs is 1. The molecule has 1 aliphatic heterocycles. The Balaban J connectivity index is 1.65. The largest absolute Gasteiger partial charge is 0.497 e. The maximum atomic E-state index is 12.6. The molecule has 0 bridgehead atoms. The Bertz CT molecular complexity index is 1540. The smallest absolute Gasteiger partial charge is 0.379 e. The van der Waals surface area contributed by atoms with Crippen molar-refractivity contribution >= 4 is 5.97 Å². The van der Waals surface area contributed by atoms with Crippen LogP contribution in [0.3, 0.4) is 0 Å². The number of methoxy groups -OCH3 is 3. The van der Waals surface area contributed by atoms with Gasteiger partial charge in [0.25, 0.3) is 0 Å². The number of nitriles is 1. The summed E-state index contributed by atoms with van der Waals surface area (Å²) in [6.07, 6.45) is 1.36. The maximum Gasteiger partial charge on any atom is 0.379 e. The Morgan fingerprint density at radius 1 is 1.08 bits per heavy atom. The zero-order valence-corrected chi connectivity index (χ0v) is 20.6. The molecule has 2 aromatic carbocycles. The number of furan rings is 1. The summed E-state index contributed by atoms with van der Waals surface area (Å²) in [6.45, 7) is 0. The van der Waals surface area contributed by atoms with Crippen LogP contribution < -0.4 is 29.4 Å². The fraction of sp³-hybridized carbons (Fsp3) is 0.148. The van der Waals surface area contributed by atoms with E-state index in [4.69, 9.17) is 33.8 Å². The summed E-state index contributed by atoms with van der Waals surface area (Å²) in [4.78, 5) is 12.6. The number of nitrogens with one attached hydrogen (secondary N) is 1. The number of aromatic amines is 1. The van der Waals surface area contributed by atoms with Crippen molar-refractivity contribution in [2.75, 3.05) is 21.3 Å². The second-order valence-corrected chi connectivity index (χ2v) is 8.09. The normalized spacial score (nSPS) is 14.2. The van der Waals surface area contributed by atoms with Crippen LogP contribution in [0.1, 0.15) is 27.6 Å². The van der Waals surface area contributed by atoms with Crippen LogP contribution in [0.4, 0.5) is 0 Å². The summed E-state index contributed by atoms with van der Waals surface area (Å²) in [6, 6.07) is 15.8. The van der Waals surface area contributed by atoms with Crippen LogP contribution in [0, 0.1) is 11.3 Å². The topological polar surface area (TPSA) is 155 Å². The number of rotatable bonds is 7. The third-order valence-electron chi connectivity index (χ3n) is 6.05. The highest BCUT2D eigenvalue weighted by Crippen LogP contribution is 2.49. The van der Waals surface area contributed by atoms with Crippen LogP contribution in [-0.4, -0.2) is 37.5 Å². The van der Waals surface area contributed by atoms with E-state index >= 15 is 0 Å². The van der Waals surface area contributed by atoms with Crippen LogP contribution in [-0.2, 0) is 0 Å². The third kappa shape index (κ3) is 4.14. The van der Waals surface area contributed by atoms with Gasteiger partial charge < -0.3 is 33.8 Å². The molecule has 3 N–H and O–H groups in total. The Morgan fingerprint density at radius 3 is 2.37 bits per heavy atom. The minimum Gasteiger partial charge on any atom is -0.497 e. The zero-order valence-electron chi connectivity index (χ0n) is 20.6. The highest BCUT2D eigenvalue weighted by atomic mass is 16.6. The van der Waals surface area contributed by atoms with Gasteiger partial charge in [-0.3, -0.25) is 5.10 Å². The molecule has 0 spiro atoms. The molecule has 0 saturated carbocycles. The molecule has 3 heterocycles. The molecule has 0 amide bonds. The first-order chi connectivity index (χ1) is 18.5. The summed E-state index contributed by atoms with van der Waals surface area (Å²) < 4.78 is 32.7. The monoisotopic (exact) mass is 514 g/mol. The van der Waals surface area contributed by atoms with E-state index in [9.17, 15) is 10.1 Å². The number of nitrogens with two attached hydrogens (primary N) is 1. The minimum atomic E-state index is -0.730. The number of allylic oxidation sites excluding steroid dienone is 1. The molecule has 1 atom stereocenters. The number of ether oxygens (including phenoxy) is 5. The molecule has 11 nitrogen and oxygen atoms in total. The van der Waals surface area contributed by atoms with Gasteiger partial charge in [-0.15, -0.1) is 5.10 Å². The third-order valence-corrected chi connectivity index (χ3v) is 6.05. The molecular weight excluding hydrogens is 492 g/mol. The number of nitrogens with zero attached hydrogens (tertiary/aromatic N) is 2. The highest BCUT2D eigenvalue weighted by molar-refractivity contribution is 5.89. The van der Waals surface area contributed by atoms with Crippen molar-refractivity contribution in [3.8, 4) is 46.2 Å². The van der Waals surface area contributed by atoms with Crippen molar-refractivity contribution in [3.05, 3.63) is 83.1 Å². The number of H-pyrrole nitrogens is 1. The van der Waals surface area contributed by atoms with Crippen molar-refractivity contribution in [3.63, 3.8) is 0 Å². The summed E-state index contributed by atoms with van der Waals surface area (Å²) in [5.41, 5.74) is 8.86. The average molecular weight is 514 g/mol. The first-order valence-electron chi connectivity index (χ1n) is 11.3. The number of hydrogen-bond donors (Lipinski definition) is 2. The molecule has 0 unspecified atom stereocenters. The molecular formula is C27H22N4O7. The summed E-state index contributed by atoms with van der Waals surface area (Å²) in [7, 11) is 4.43. The number of aromatic nitrogens is 2. The van der Waals surface area contributed by atoms with Gasteiger partial charge in [0.2, 0.25) is 23.3 Å². The average Bonchev–Trinajstić information content (AvgIpc) is 3.63. The van der Waals surface area contributed by atoms with Gasteiger partial charge in [-0.1, -0.05) is 0 Å². The first kappa shape index (κ1) is 24.3. The Kier molecular flexibility index (Phi) is 6.37. The van der Waals surface area contributed by atoms with Crippen molar-refractivity contribution < 1.29 is 32.9 Å². The molecule has 1 aliphatic rings. The summed E-state index contributed by atoms with van der Waals surface area (Å²) in [5, 5.41) is 17.4. The van der Waals surface area contributed by atoms with Crippen molar-refractivity contribution in [1.29, 1.82) is 5.26 Å². The SMILES string of the molecule is COc1ccc(-c2[nH]nc3c2[C@H](c2cc(OC)c(OC(=O)c4ccco4)c(OC)c2)C(C#N)=C(N)O3)cc1. The van der Waals surface area contributed by atoms with Crippen molar-refractivity contribution in [2.45, 2.75) is 5.92 Å². The van der Waals surface area contributed by atoms with Crippen LogP contribution in [0.2, 0.25) is 0 Å². The fourth-order valence-corrected chi connectivity index (χ4v) is 4.26. The van der Waals surface area contributed by atoms with E-state index in [2.05, 4.69) is 16.3 Å². The molecule has 4 aromatic rings. The maximum absolute atomic E-state index is 12.6. The van der Waals surface area contributed by atoms with Crippen molar-refractivity contribution in [1.82, 2.24) is 10.2 Å². The van der Waals surface area contributed by atoms with Gasteiger partial charge in [-0.2, -0.15) is 5.26 Å². The molecule has 0 aliphatic carbocycles. The van der Waals surface area contributed by atoms with Crippen LogP contribution in [0.5, 0.6) is 28.9 Å². The lowest BCUT2D eigenvalue weighted by Crippen LogP contribution is -2.21. The van der Waals surface area contributed by atoms with E-state index in [1.165, 1.54) is 26.5 Å². The molecule has 0 radical (unpaired) electrons. The molecule has 38 heavy (non-hydrogen) atoms. The molecule has 11 heteroatoms. The Labute approximate surface area is 216 Å². The molecule has 2 aromatic heterocycles. The van der Waals surface area contributed by atoms with E-state index in [0.29, 0.717) is 22.6 Å². The highest BCUT2D eigenvalue weighted by Gasteiger charge is 2.37. The Hall–Kier alpha value is -5.37. The fourth-order valence-electron chi connectivity index (χ4n) is 4.26. The lowest BCUT2D eigenvalue weighted by atomic mass is 9.82. The number of hydrogen-bond acceptors (Lipinski definition) is 10. The number of esters is 1. The van der Waals surface area contributed by atoms with Crippen LogP contribution >= 0.6 is 0 Å². The van der Waals surface area contributed by atoms with Crippen LogP contribution in [0.25, 0.3) is 11.3 Å². The number of carbonyl (C=O) groups excluding carboxylic acids is 1. The molecule has 0 fully saturated rings. The first-order valence-corrected chi connectivity index (χ1v) is 11.3. The quantitative estimate of drug-likeness (QED) is 0.272. The van der Waals surface area contributed by atoms with Gasteiger partial charge >= 0.3 is 5.97 Å². The molecule has 5 rings (SSSR count). The van der Waals surface area contributed by atoms with E-state index in [-0.39, 0.29) is 40.3 Å². The van der Waals surface area contributed by atoms with E-state index in [1.54, 1.807) is 25.3 Å². The Morgan fingerprint density at radius 2 is 1.79 bits per heavy atom. The van der Waals surface area contributed by atoms with Gasteiger partial charge in [0.15, 0.2) is 11.5 Å². The van der Waals surface area contributed by atoms with Gasteiger partial charge in [-0.25, -0.2) is 4.79 Å². The van der Waals surface area contributed by atoms with E-state index in [1.807, 2.05) is 24.3 Å². The second kappa shape index (κ2) is 9.94. The molecule has 192 valence electrons.